The molecule has 2 atom stereocenters. The monoisotopic (exact) mass is 405 g/mol. The van der Waals surface area contributed by atoms with Gasteiger partial charge in [0.1, 0.15) is 5.75 Å². The third kappa shape index (κ3) is 2.94. The first-order valence-electron chi connectivity index (χ1n) is 9.80. The van der Waals surface area contributed by atoms with E-state index in [1.165, 1.54) is 12.5 Å². The fourth-order valence-corrected chi connectivity index (χ4v) is 5.54. The lowest BCUT2D eigenvalue weighted by molar-refractivity contribution is -0.114. The second kappa shape index (κ2) is 6.66. The number of nitrogens with zero attached hydrogens (tertiary/aromatic N) is 2. The van der Waals surface area contributed by atoms with Gasteiger partial charge in [0.25, 0.3) is 0 Å². The van der Waals surface area contributed by atoms with Crippen molar-refractivity contribution < 1.29 is 9.53 Å². The van der Waals surface area contributed by atoms with Crippen molar-refractivity contribution in [3.63, 3.8) is 0 Å². The van der Waals surface area contributed by atoms with E-state index >= 15 is 0 Å². The topological polar surface area (TPSA) is 53.9 Å². The molecular weight excluding hydrogens is 382 g/mol. The number of rotatable bonds is 2. The molecule has 0 fully saturated rings. The highest BCUT2D eigenvalue weighted by Crippen LogP contribution is 2.52. The van der Waals surface area contributed by atoms with Crippen LogP contribution in [-0.2, 0) is 4.79 Å². The summed E-state index contributed by atoms with van der Waals surface area (Å²) in [4.78, 5) is 18.8. The molecule has 0 saturated heterocycles. The second-order valence-corrected chi connectivity index (χ2v) is 9.02. The number of nitrogens with one attached hydrogen (secondary N) is 1. The maximum Gasteiger partial charge on any atom is 0.221 e. The lowest BCUT2D eigenvalue weighted by Gasteiger charge is -2.51. The zero-order chi connectivity index (χ0) is 20.2. The van der Waals surface area contributed by atoms with Gasteiger partial charge in [-0.2, -0.15) is 0 Å². The molecule has 2 aromatic rings. The number of amidine groups is 1. The fraction of sp³-hybridized carbons (Fsp3) is 0.304. The summed E-state index contributed by atoms with van der Waals surface area (Å²) in [5.41, 5.74) is 4.08. The standard InChI is InChI=1S/C23H23N3O2S/c1-14(27)24-16-10-8-15(9-11-16)19-13-29-22-25-21-17-6-4-5-7-20(17)28-12-18(21)23(2,3)26(19)22/h4-11,13,18,21H,12H2,1-3H3,(H,24,27)/t18-,21-/m0/s1. The van der Waals surface area contributed by atoms with Crippen LogP contribution in [0.2, 0.25) is 0 Å². The normalized spacial score (nSPS) is 23.8. The summed E-state index contributed by atoms with van der Waals surface area (Å²) in [7, 11) is 0. The SMILES string of the molecule is CC(=O)Nc1ccc(C2=CSC3=N[C@H]4c5ccccc5OC[C@@H]4C(C)(C)N23)cc1. The molecule has 1 N–H and O–H groups in total. The number of hydrogen-bond donors (Lipinski definition) is 1. The Kier molecular flexibility index (Phi) is 4.21. The maximum atomic E-state index is 11.3. The Morgan fingerprint density at radius 1 is 1.21 bits per heavy atom. The van der Waals surface area contributed by atoms with E-state index in [-0.39, 0.29) is 23.4 Å². The van der Waals surface area contributed by atoms with Gasteiger partial charge < -0.3 is 15.0 Å². The molecule has 3 aliphatic rings. The predicted octanol–water partition coefficient (Wildman–Crippen LogP) is 4.89. The summed E-state index contributed by atoms with van der Waals surface area (Å²) in [6.07, 6.45) is 0. The van der Waals surface area contributed by atoms with Crippen LogP contribution in [0, 0.1) is 5.92 Å². The van der Waals surface area contributed by atoms with Crippen molar-refractivity contribution in [2.45, 2.75) is 32.4 Å². The molecule has 0 spiro atoms. The summed E-state index contributed by atoms with van der Waals surface area (Å²) in [5.74, 6) is 1.14. The zero-order valence-corrected chi connectivity index (χ0v) is 17.5. The number of carbonyl (C=O) groups is 1. The van der Waals surface area contributed by atoms with E-state index in [1.54, 1.807) is 11.8 Å². The van der Waals surface area contributed by atoms with Crippen molar-refractivity contribution >= 4 is 34.2 Å². The fourth-order valence-electron chi connectivity index (χ4n) is 4.47. The van der Waals surface area contributed by atoms with Crippen LogP contribution in [0.25, 0.3) is 5.70 Å². The van der Waals surface area contributed by atoms with Crippen molar-refractivity contribution in [3.05, 3.63) is 65.1 Å². The van der Waals surface area contributed by atoms with Crippen LogP contribution >= 0.6 is 11.8 Å². The Labute approximate surface area is 174 Å². The van der Waals surface area contributed by atoms with Crippen molar-refractivity contribution in [1.82, 2.24) is 4.90 Å². The van der Waals surface area contributed by atoms with Crippen LogP contribution in [0.15, 0.2) is 58.9 Å². The van der Waals surface area contributed by atoms with Gasteiger partial charge in [0.05, 0.1) is 18.3 Å². The maximum absolute atomic E-state index is 11.3. The number of ether oxygens (including phenoxy) is 1. The molecule has 0 bridgehead atoms. The number of benzene rings is 2. The van der Waals surface area contributed by atoms with Gasteiger partial charge in [0.2, 0.25) is 5.91 Å². The van der Waals surface area contributed by atoms with Gasteiger partial charge in [-0.1, -0.05) is 42.1 Å². The molecule has 0 saturated carbocycles. The number of para-hydroxylation sites is 1. The van der Waals surface area contributed by atoms with Gasteiger partial charge in [-0.15, -0.1) is 0 Å². The molecule has 0 aliphatic carbocycles. The quantitative estimate of drug-likeness (QED) is 0.773. The molecular formula is C23H23N3O2S. The Hall–Kier alpha value is -2.73. The van der Waals surface area contributed by atoms with E-state index in [1.807, 2.05) is 24.3 Å². The summed E-state index contributed by atoms with van der Waals surface area (Å²) in [6, 6.07) is 16.3. The van der Waals surface area contributed by atoms with Crippen molar-refractivity contribution in [2.24, 2.45) is 10.9 Å². The average Bonchev–Trinajstić information content (AvgIpc) is 3.13. The van der Waals surface area contributed by atoms with E-state index in [4.69, 9.17) is 9.73 Å². The Bertz CT molecular complexity index is 1040. The second-order valence-electron chi connectivity index (χ2n) is 8.18. The van der Waals surface area contributed by atoms with E-state index in [2.05, 4.69) is 53.7 Å². The first-order valence-corrected chi connectivity index (χ1v) is 10.7. The van der Waals surface area contributed by atoms with Crippen molar-refractivity contribution in [2.75, 3.05) is 11.9 Å². The number of aliphatic imine (C=N–C) groups is 1. The molecule has 5 nitrogen and oxygen atoms in total. The number of thioether (sulfide) groups is 1. The molecule has 0 radical (unpaired) electrons. The van der Waals surface area contributed by atoms with Crippen LogP contribution < -0.4 is 10.1 Å². The van der Waals surface area contributed by atoms with Crippen LogP contribution in [0.4, 0.5) is 5.69 Å². The van der Waals surface area contributed by atoms with E-state index < -0.39 is 0 Å². The van der Waals surface area contributed by atoms with Gasteiger partial charge in [-0.3, -0.25) is 9.79 Å². The highest BCUT2D eigenvalue weighted by Gasteiger charge is 2.51. The van der Waals surface area contributed by atoms with Crippen molar-refractivity contribution in [3.8, 4) is 5.75 Å². The highest BCUT2D eigenvalue weighted by atomic mass is 32.2. The van der Waals surface area contributed by atoms with Crippen LogP contribution in [0.5, 0.6) is 5.75 Å². The number of hydrogen-bond acceptors (Lipinski definition) is 5. The summed E-state index contributed by atoms with van der Waals surface area (Å²) in [5, 5.41) is 6.04. The minimum absolute atomic E-state index is 0.0661. The van der Waals surface area contributed by atoms with Gasteiger partial charge >= 0.3 is 0 Å². The van der Waals surface area contributed by atoms with Gasteiger partial charge in [-0.25, -0.2) is 0 Å². The third-order valence-electron chi connectivity index (χ3n) is 5.98. The minimum atomic E-state index is -0.152. The third-order valence-corrected chi connectivity index (χ3v) is 6.82. The highest BCUT2D eigenvalue weighted by molar-refractivity contribution is 8.16. The zero-order valence-electron chi connectivity index (χ0n) is 16.7. The smallest absolute Gasteiger partial charge is 0.221 e. The van der Waals surface area contributed by atoms with E-state index in [9.17, 15) is 4.79 Å². The molecule has 0 unspecified atom stereocenters. The first-order chi connectivity index (χ1) is 13.9. The Balaban J connectivity index is 1.51. The van der Waals surface area contributed by atoms with Crippen molar-refractivity contribution in [1.29, 1.82) is 0 Å². The minimum Gasteiger partial charge on any atom is -0.493 e. The van der Waals surface area contributed by atoms with Gasteiger partial charge in [0.15, 0.2) is 5.17 Å². The first kappa shape index (κ1) is 18.3. The summed E-state index contributed by atoms with van der Waals surface area (Å²) in [6.45, 7) is 6.73. The molecule has 0 aromatic heterocycles. The molecule has 3 heterocycles. The van der Waals surface area contributed by atoms with E-state index in [0.717, 1.165) is 27.9 Å². The Morgan fingerprint density at radius 3 is 2.72 bits per heavy atom. The lowest BCUT2D eigenvalue weighted by atomic mass is 9.75. The van der Waals surface area contributed by atoms with Gasteiger partial charge in [0, 0.05) is 35.0 Å². The Morgan fingerprint density at radius 2 is 1.97 bits per heavy atom. The summed E-state index contributed by atoms with van der Waals surface area (Å²) < 4.78 is 6.11. The largest absolute Gasteiger partial charge is 0.493 e. The molecule has 1 amide bonds. The van der Waals surface area contributed by atoms with Gasteiger partial charge in [-0.05, 0) is 37.6 Å². The lowest BCUT2D eigenvalue weighted by Crippen LogP contribution is -2.56. The average molecular weight is 406 g/mol. The molecule has 6 heteroatoms. The molecule has 5 rings (SSSR count). The number of fused-ring (bicyclic) bond motifs is 4. The summed E-state index contributed by atoms with van der Waals surface area (Å²) >= 11 is 1.68. The number of anilines is 1. The molecule has 2 aromatic carbocycles. The van der Waals surface area contributed by atoms with Crippen LogP contribution in [0.1, 0.15) is 37.9 Å². The predicted molar refractivity (Wildman–Crippen MR) is 118 cm³/mol. The van der Waals surface area contributed by atoms with Crippen LogP contribution in [-0.4, -0.2) is 28.1 Å². The number of amides is 1. The molecule has 148 valence electrons. The number of carbonyl (C=O) groups excluding carboxylic acids is 1. The molecule has 3 aliphatic heterocycles. The van der Waals surface area contributed by atoms with E-state index in [0.29, 0.717) is 6.61 Å². The molecule has 29 heavy (non-hydrogen) atoms. The van der Waals surface area contributed by atoms with Crippen LogP contribution in [0.3, 0.4) is 0 Å².